The lowest BCUT2D eigenvalue weighted by Gasteiger charge is -2.14. The maximum absolute atomic E-state index is 14.3. The van der Waals surface area contributed by atoms with Crippen molar-refractivity contribution in [1.82, 2.24) is 24.6 Å². The smallest absolute Gasteiger partial charge is 0.493 e. The van der Waals surface area contributed by atoms with E-state index in [0.717, 1.165) is 12.8 Å². The number of ether oxygens (including phenoxy) is 1. The lowest BCUT2D eigenvalue weighted by Crippen LogP contribution is -2.20. The van der Waals surface area contributed by atoms with Gasteiger partial charge in [0.2, 0.25) is 5.88 Å². The number of hydrogen-bond acceptors (Lipinski definition) is 7. The number of halogens is 4. The van der Waals surface area contributed by atoms with E-state index >= 15 is 0 Å². The molecule has 0 unspecified atom stereocenters. The second kappa shape index (κ2) is 10.1. The van der Waals surface area contributed by atoms with E-state index < -0.39 is 23.6 Å². The van der Waals surface area contributed by atoms with Crippen LogP contribution in [0.3, 0.4) is 0 Å². The van der Waals surface area contributed by atoms with Crippen LogP contribution in [0.5, 0.6) is 11.6 Å². The molecule has 0 bridgehead atoms. The van der Waals surface area contributed by atoms with E-state index in [2.05, 4.69) is 30.1 Å². The molecule has 5 aromatic rings. The molecule has 3 aromatic heterocycles. The first kappa shape index (κ1) is 26.1. The maximum Gasteiger partial charge on any atom is 0.573 e. The van der Waals surface area contributed by atoms with Crippen molar-refractivity contribution in [3.05, 3.63) is 93.0 Å². The first-order chi connectivity index (χ1) is 19.6. The van der Waals surface area contributed by atoms with E-state index in [1.807, 2.05) is 0 Å². The van der Waals surface area contributed by atoms with Gasteiger partial charge in [0.25, 0.3) is 0 Å². The topological polar surface area (TPSA) is 133 Å². The predicted octanol–water partition coefficient (Wildman–Crippen LogP) is 3.38. The normalized spacial score (nSPS) is 14.6. The largest absolute Gasteiger partial charge is 0.573 e. The number of hydrogen-bond donors (Lipinski definition) is 4. The molecule has 10 nitrogen and oxygen atoms in total. The van der Waals surface area contributed by atoms with Crippen molar-refractivity contribution < 1.29 is 27.4 Å². The molecule has 0 atom stereocenters. The fourth-order valence-electron chi connectivity index (χ4n) is 4.32. The lowest BCUT2D eigenvalue weighted by atomic mass is 9.99. The van der Waals surface area contributed by atoms with Crippen molar-refractivity contribution in [2.75, 3.05) is 5.32 Å². The summed E-state index contributed by atoms with van der Waals surface area (Å²) in [5, 5.41) is 18.0. The molecule has 2 aromatic carbocycles. The number of benzene rings is 2. The molecule has 1 aliphatic rings. The summed E-state index contributed by atoms with van der Waals surface area (Å²) in [6, 6.07) is 11.3. The number of nitrogens with one attached hydrogen (secondary N) is 3. The molecule has 4 N–H and O–H groups in total. The summed E-state index contributed by atoms with van der Waals surface area (Å²) in [5.74, 6) is -0.872. The summed E-state index contributed by atoms with van der Waals surface area (Å²) in [6.07, 6.45) is 0.0555. The van der Waals surface area contributed by atoms with Crippen molar-refractivity contribution >= 4 is 17.5 Å². The molecule has 1 saturated carbocycles. The van der Waals surface area contributed by atoms with Gasteiger partial charge in [-0.25, -0.2) is 14.2 Å². The Labute approximate surface area is 227 Å². The average molecular weight is 568 g/mol. The van der Waals surface area contributed by atoms with Crippen LogP contribution >= 0.6 is 0 Å². The first-order valence-corrected chi connectivity index (χ1v) is 12.5. The molecular formula is C27H21F4N7O3. The zero-order valence-electron chi connectivity index (χ0n) is 21.0. The SMILES string of the molecule is O=c1[nH]c(O)c(C=c2cnn3c(=NC4CC4)cc(NCc4cc(F)ccc4-c4cccc(OC(F)(F)F)c4)nc23)[nH]1. The van der Waals surface area contributed by atoms with Gasteiger partial charge in [-0.3, -0.25) is 9.98 Å². The minimum absolute atomic E-state index is 0.0720. The van der Waals surface area contributed by atoms with E-state index in [0.29, 0.717) is 38.9 Å². The molecule has 0 spiro atoms. The van der Waals surface area contributed by atoms with Gasteiger partial charge in [0.05, 0.1) is 12.2 Å². The fourth-order valence-corrected chi connectivity index (χ4v) is 4.32. The summed E-state index contributed by atoms with van der Waals surface area (Å²) in [4.78, 5) is 25.6. The number of nitrogens with zero attached hydrogens (tertiary/aromatic N) is 4. The molecule has 0 saturated heterocycles. The third kappa shape index (κ3) is 5.90. The summed E-state index contributed by atoms with van der Waals surface area (Å²) in [7, 11) is 0. The van der Waals surface area contributed by atoms with E-state index in [1.165, 1.54) is 53.2 Å². The highest BCUT2D eigenvalue weighted by Gasteiger charge is 2.31. The number of alkyl halides is 3. The van der Waals surface area contributed by atoms with Crippen molar-refractivity contribution in [2.45, 2.75) is 31.8 Å². The molecule has 210 valence electrons. The molecule has 0 amide bonds. The van der Waals surface area contributed by atoms with Gasteiger partial charge in [-0.05, 0) is 59.9 Å². The number of aromatic amines is 2. The number of aromatic hydroxyl groups is 1. The highest BCUT2D eigenvalue weighted by molar-refractivity contribution is 5.69. The van der Waals surface area contributed by atoms with Crippen molar-refractivity contribution in [3.63, 3.8) is 0 Å². The average Bonchev–Trinajstić information content (AvgIpc) is 3.54. The van der Waals surface area contributed by atoms with Gasteiger partial charge >= 0.3 is 12.1 Å². The van der Waals surface area contributed by atoms with Gasteiger partial charge in [-0.1, -0.05) is 18.2 Å². The van der Waals surface area contributed by atoms with E-state index in [1.54, 1.807) is 12.1 Å². The third-order valence-electron chi connectivity index (χ3n) is 6.28. The van der Waals surface area contributed by atoms with Crippen molar-refractivity contribution in [3.8, 4) is 22.8 Å². The van der Waals surface area contributed by atoms with E-state index in [-0.39, 0.29) is 24.2 Å². The van der Waals surface area contributed by atoms with Gasteiger partial charge in [-0.15, -0.1) is 13.2 Å². The van der Waals surface area contributed by atoms with Crippen LogP contribution in [-0.4, -0.2) is 42.1 Å². The molecular weight excluding hydrogens is 546 g/mol. The van der Waals surface area contributed by atoms with Gasteiger partial charge in [0.15, 0.2) is 11.1 Å². The Balaban J connectivity index is 1.37. The predicted molar refractivity (Wildman–Crippen MR) is 139 cm³/mol. The number of aromatic nitrogens is 5. The minimum Gasteiger partial charge on any atom is -0.493 e. The van der Waals surface area contributed by atoms with Gasteiger partial charge in [0, 0.05) is 17.8 Å². The number of fused-ring (bicyclic) bond motifs is 1. The Bertz CT molecular complexity index is 1940. The van der Waals surface area contributed by atoms with E-state index in [9.17, 15) is 27.5 Å². The highest BCUT2D eigenvalue weighted by Crippen LogP contribution is 2.31. The Kier molecular flexibility index (Phi) is 6.44. The van der Waals surface area contributed by atoms with Crippen molar-refractivity contribution in [1.29, 1.82) is 0 Å². The number of rotatable bonds is 7. The minimum atomic E-state index is -4.85. The molecule has 6 rings (SSSR count). The third-order valence-corrected chi connectivity index (χ3v) is 6.28. The number of anilines is 1. The first-order valence-electron chi connectivity index (χ1n) is 12.5. The molecule has 1 aliphatic carbocycles. The quantitative estimate of drug-likeness (QED) is 0.223. The van der Waals surface area contributed by atoms with Crippen LogP contribution in [0.1, 0.15) is 24.1 Å². The highest BCUT2D eigenvalue weighted by atomic mass is 19.4. The Morgan fingerprint density at radius 1 is 1.17 bits per heavy atom. The Morgan fingerprint density at radius 3 is 2.73 bits per heavy atom. The van der Waals surface area contributed by atoms with Gasteiger partial charge < -0.3 is 20.1 Å². The fraction of sp³-hybridized carbons (Fsp3) is 0.185. The maximum atomic E-state index is 14.3. The van der Waals surface area contributed by atoms with Crippen LogP contribution in [0, 0.1) is 5.82 Å². The van der Waals surface area contributed by atoms with Crippen LogP contribution < -0.4 is 26.4 Å². The lowest BCUT2D eigenvalue weighted by molar-refractivity contribution is -0.274. The Morgan fingerprint density at radius 2 is 2.00 bits per heavy atom. The zero-order chi connectivity index (χ0) is 28.7. The molecule has 3 heterocycles. The summed E-state index contributed by atoms with van der Waals surface area (Å²) < 4.78 is 58.1. The summed E-state index contributed by atoms with van der Waals surface area (Å²) >= 11 is 0. The van der Waals surface area contributed by atoms with Crippen LogP contribution in [0.25, 0.3) is 22.9 Å². The second-order valence-corrected chi connectivity index (χ2v) is 9.41. The molecule has 0 radical (unpaired) electrons. The Hall–Kier alpha value is -5.14. The van der Waals surface area contributed by atoms with Gasteiger partial charge in [0.1, 0.15) is 23.1 Å². The van der Waals surface area contributed by atoms with Crippen LogP contribution in [0.15, 0.2) is 64.5 Å². The molecule has 0 aliphatic heterocycles. The van der Waals surface area contributed by atoms with Crippen LogP contribution in [0.2, 0.25) is 0 Å². The molecule has 41 heavy (non-hydrogen) atoms. The standard InChI is InChI=1S/C27H21F4N7O3/c28-17-4-7-20(14-2-1-3-19(9-14)41-27(29,30)31)15(8-17)12-32-22-11-23(34-18-5-6-18)38-24(36-22)16(13-33-38)10-21-25(39)37-26(40)35-21/h1-4,7-11,13,18,32,39H,5-6,12H2,(H2,35,37,40). The van der Waals surface area contributed by atoms with Gasteiger partial charge in [-0.2, -0.15) is 9.61 Å². The van der Waals surface area contributed by atoms with Crippen LogP contribution in [-0.2, 0) is 6.54 Å². The second-order valence-electron chi connectivity index (χ2n) is 9.41. The molecule has 14 heteroatoms. The monoisotopic (exact) mass is 567 g/mol. The van der Waals surface area contributed by atoms with Crippen molar-refractivity contribution in [2.24, 2.45) is 4.99 Å². The number of imidazole rings is 1. The summed E-state index contributed by atoms with van der Waals surface area (Å²) in [5.41, 5.74) is 1.84. The number of H-pyrrole nitrogens is 2. The molecule has 1 fully saturated rings. The summed E-state index contributed by atoms with van der Waals surface area (Å²) in [6.45, 7) is 0.0720. The van der Waals surface area contributed by atoms with Crippen LogP contribution in [0.4, 0.5) is 23.4 Å². The van der Waals surface area contributed by atoms with E-state index in [4.69, 9.17) is 4.99 Å². The zero-order valence-corrected chi connectivity index (χ0v) is 21.0.